The van der Waals surface area contributed by atoms with Crippen LogP contribution in [0.2, 0.25) is 0 Å². The minimum absolute atomic E-state index is 0.108. The van der Waals surface area contributed by atoms with E-state index in [9.17, 15) is 0 Å². The van der Waals surface area contributed by atoms with Gasteiger partial charge in [-0.05, 0) is 55.0 Å². The Morgan fingerprint density at radius 1 is 1.33 bits per heavy atom. The molecule has 2 aromatic rings. The third-order valence-corrected chi connectivity index (χ3v) is 4.86. The summed E-state index contributed by atoms with van der Waals surface area (Å²) in [6.45, 7) is 0.962. The smallest absolute Gasteiger partial charge is 0.197 e. The minimum Gasteiger partial charge on any atom is -0.341 e. The molecule has 124 valence electrons. The van der Waals surface area contributed by atoms with Crippen molar-refractivity contribution in [2.75, 3.05) is 19.8 Å². The van der Waals surface area contributed by atoms with Crippen LogP contribution < -0.4 is 0 Å². The highest BCUT2D eigenvalue weighted by Crippen LogP contribution is 2.30. The zero-order chi connectivity index (χ0) is 16.9. The number of benzene rings is 1. The molecule has 0 radical (unpaired) electrons. The average molecular weight is 341 g/mol. The van der Waals surface area contributed by atoms with Gasteiger partial charge >= 0.3 is 0 Å². The molecule has 1 aromatic carbocycles. The predicted molar refractivity (Wildman–Crippen MR) is 94.0 cm³/mol. The van der Waals surface area contributed by atoms with Crippen LogP contribution in [0.1, 0.15) is 36.7 Å². The predicted octanol–water partition coefficient (Wildman–Crippen LogP) is 2.41. The molecular formula is C16H19N7S. The normalized spacial score (nSPS) is 18.5. The molecule has 7 nitrogen and oxygen atoms in total. The molecule has 1 atom stereocenters. The second-order valence-electron chi connectivity index (χ2n) is 5.51. The van der Waals surface area contributed by atoms with Crippen molar-refractivity contribution in [3.8, 4) is 11.8 Å². The number of aromatic nitrogens is 4. The summed E-state index contributed by atoms with van der Waals surface area (Å²) in [4.78, 5) is 8.17. The maximum absolute atomic E-state index is 8.88. The number of likely N-dealkylation sites (tertiary alicyclic amines) is 1. The highest BCUT2D eigenvalue weighted by molar-refractivity contribution is 8.13. The van der Waals surface area contributed by atoms with E-state index in [1.54, 1.807) is 23.9 Å². The lowest BCUT2D eigenvalue weighted by Crippen LogP contribution is -2.37. The van der Waals surface area contributed by atoms with Gasteiger partial charge in [0.1, 0.15) is 0 Å². The van der Waals surface area contributed by atoms with Gasteiger partial charge < -0.3 is 4.90 Å². The first-order valence-electron chi connectivity index (χ1n) is 7.84. The molecule has 1 saturated heterocycles. The molecule has 0 spiro atoms. The molecule has 24 heavy (non-hydrogen) atoms. The van der Waals surface area contributed by atoms with Crippen molar-refractivity contribution in [3.63, 3.8) is 0 Å². The fraction of sp³-hybridized carbons (Fsp3) is 0.438. The van der Waals surface area contributed by atoms with Gasteiger partial charge in [0.05, 0.1) is 23.4 Å². The molecule has 1 fully saturated rings. The highest BCUT2D eigenvalue weighted by atomic mass is 32.2. The Bertz CT molecular complexity index is 759. The van der Waals surface area contributed by atoms with Crippen LogP contribution in [0.25, 0.3) is 5.69 Å². The van der Waals surface area contributed by atoms with Crippen LogP contribution in [-0.4, -0.2) is 50.1 Å². The largest absolute Gasteiger partial charge is 0.341 e. The summed E-state index contributed by atoms with van der Waals surface area (Å²) < 4.78 is 0. The Morgan fingerprint density at radius 2 is 2.12 bits per heavy atom. The van der Waals surface area contributed by atoms with Crippen molar-refractivity contribution in [2.45, 2.75) is 25.3 Å². The van der Waals surface area contributed by atoms with Gasteiger partial charge in [0.25, 0.3) is 0 Å². The number of tetrazole rings is 1. The van der Waals surface area contributed by atoms with Gasteiger partial charge in [0.15, 0.2) is 11.0 Å². The topological polar surface area (TPSA) is 83.0 Å². The number of hydrogen-bond acceptors (Lipinski definition) is 6. The number of nitrogens with zero attached hydrogens (tertiary/aromatic N) is 7. The van der Waals surface area contributed by atoms with Crippen LogP contribution in [0, 0.1) is 11.3 Å². The lowest BCUT2D eigenvalue weighted by atomic mass is 10.0. The van der Waals surface area contributed by atoms with Crippen molar-refractivity contribution in [3.05, 3.63) is 35.7 Å². The zero-order valence-electron chi connectivity index (χ0n) is 13.8. The van der Waals surface area contributed by atoms with Crippen LogP contribution in [0.15, 0.2) is 29.3 Å². The van der Waals surface area contributed by atoms with Crippen molar-refractivity contribution in [1.82, 2.24) is 25.1 Å². The van der Waals surface area contributed by atoms with Gasteiger partial charge in [0.2, 0.25) is 0 Å². The van der Waals surface area contributed by atoms with E-state index in [1.807, 2.05) is 25.4 Å². The van der Waals surface area contributed by atoms with Gasteiger partial charge in [-0.1, -0.05) is 11.8 Å². The molecule has 1 aliphatic rings. The standard InChI is InChI=1S/C16H19N7S/c1-18-16(24-2)22-10-4-3-5-14(22)15-19-21-23(20-15)13-8-6-12(11-17)7-9-13/h6-9,14H,3-5,10H2,1-2H3. The summed E-state index contributed by atoms with van der Waals surface area (Å²) >= 11 is 1.64. The summed E-state index contributed by atoms with van der Waals surface area (Å²) in [7, 11) is 1.82. The third kappa shape index (κ3) is 3.26. The number of nitriles is 1. The lowest BCUT2D eigenvalue weighted by molar-refractivity contribution is 0.239. The van der Waals surface area contributed by atoms with Gasteiger partial charge in [-0.2, -0.15) is 5.26 Å². The quantitative estimate of drug-likeness (QED) is 0.616. The number of hydrogen-bond donors (Lipinski definition) is 0. The molecule has 1 aromatic heterocycles. The molecule has 0 saturated carbocycles. The highest BCUT2D eigenvalue weighted by Gasteiger charge is 2.29. The fourth-order valence-electron chi connectivity index (χ4n) is 2.90. The lowest BCUT2D eigenvalue weighted by Gasteiger charge is -2.35. The van der Waals surface area contributed by atoms with Gasteiger partial charge in [-0.25, -0.2) is 0 Å². The summed E-state index contributed by atoms with van der Waals surface area (Å²) in [6.07, 6.45) is 5.34. The molecular weight excluding hydrogens is 322 g/mol. The molecule has 2 heterocycles. The van der Waals surface area contributed by atoms with Gasteiger partial charge in [0, 0.05) is 13.6 Å². The molecule has 0 amide bonds. The van der Waals surface area contributed by atoms with E-state index < -0.39 is 0 Å². The van der Waals surface area contributed by atoms with Crippen LogP contribution >= 0.6 is 11.8 Å². The minimum atomic E-state index is 0.108. The Hall–Kier alpha value is -2.40. The zero-order valence-corrected chi connectivity index (χ0v) is 14.6. The fourth-order valence-corrected chi connectivity index (χ4v) is 3.54. The molecule has 8 heteroatoms. The summed E-state index contributed by atoms with van der Waals surface area (Å²) in [5.74, 6) is 0.717. The maximum atomic E-state index is 8.88. The number of piperidine rings is 1. The van der Waals surface area contributed by atoms with Gasteiger partial charge in [-0.15, -0.1) is 15.0 Å². The third-order valence-electron chi connectivity index (χ3n) is 4.08. The van der Waals surface area contributed by atoms with Crippen LogP contribution in [0.5, 0.6) is 0 Å². The average Bonchev–Trinajstić information content (AvgIpc) is 3.13. The molecule has 3 rings (SSSR count). The molecule has 1 aliphatic heterocycles. The van der Waals surface area contributed by atoms with Crippen molar-refractivity contribution < 1.29 is 0 Å². The summed E-state index contributed by atoms with van der Waals surface area (Å²) in [5, 5.41) is 22.9. The molecule has 0 bridgehead atoms. The van der Waals surface area contributed by atoms with E-state index in [2.05, 4.69) is 31.4 Å². The van der Waals surface area contributed by atoms with Crippen LogP contribution in [-0.2, 0) is 0 Å². The molecule has 0 aliphatic carbocycles. The number of rotatable bonds is 2. The second kappa shape index (κ2) is 7.45. The number of thioether (sulfide) groups is 1. The molecule has 0 N–H and O–H groups in total. The van der Waals surface area contributed by atoms with Crippen LogP contribution in [0.3, 0.4) is 0 Å². The van der Waals surface area contributed by atoms with Crippen LogP contribution in [0.4, 0.5) is 0 Å². The maximum Gasteiger partial charge on any atom is 0.197 e. The number of amidine groups is 1. The summed E-state index contributed by atoms with van der Waals surface area (Å²) in [6, 6.07) is 9.36. The Balaban J connectivity index is 1.86. The molecule has 1 unspecified atom stereocenters. The SMILES string of the molecule is CN=C(SC)N1CCCCC1c1nnn(-c2ccc(C#N)cc2)n1. The van der Waals surface area contributed by atoms with Crippen molar-refractivity contribution >= 4 is 16.9 Å². The van der Waals surface area contributed by atoms with E-state index >= 15 is 0 Å². The monoisotopic (exact) mass is 341 g/mol. The number of aliphatic imine (C=N–C) groups is 1. The Labute approximate surface area is 145 Å². The second-order valence-corrected chi connectivity index (χ2v) is 6.28. The van der Waals surface area contributed by atoms with E-state index in [-0.39, 0.29) is 6.04 Å². The first-order valence-corrected chi connectivity index (χ1v) is 9.07. The van der Waals surface area contributed by atoms with Crippen molar-refractivity contribution in [2.24, 2.45) is 4.99 Å². The first-order chi connectivity index (χ1) is 11.8. The summed E-state index contributed by atoms with van der Waals surface area (Å²) in [5.41, 5.74) is 1.41. The van der Waals surface area contributed by atoms with Crippen molar-refractivity contribution in [1.29, 1.82) is 5.26 Å². The first kappa shape index (κ1) is 16.5. The van der Waals surface area contributed by atoms with E-state index in [0.717, 1.165) is 36.7 Å². The van der Waals surface area contributed by atoms with Gasteiger partial charge in [-0.3, -0.25) is 4.99 Å². The Morgan fingerprint density at radius 3 is 2.79 bits per heavy atom. The van der Waals surface area contributed by atoms with E-state index in [0.29, 0.717) is 11.4 Å². The van der Waals surface area contributed by atoms with E-state index in [4.69, 9.17) is 5.26 Å². The van der Waals surface area contributed by atoms with E-state index in [1.165, 1.54) is 4.80 Å². The Kier molecular flexibility index (Phi) is 5.11.